The lowest BCUT2D eigenvalue weighted by atomic mass is 9.43. The van der Waals surface area contributed by atoms with E-state index in [0.717, 1.165) is 38.8 Å². The molecule has 1 saturated heterocycles. The van der Waals surface area contributed by atoms with Crippen LogP contribution in [0.2, 0.25) is 0 Å². The van der Waals surface area contributed by atoms with Crippen LogP contribution in [0.1, 0.15) is 46.0 Å². The SMILES string of the molecule is CCN1CC2(COC)CCC(O)C34C5CC6C(OC)CC(O)(C(CC23)C14)C5C6OC(C)=O. The van der Waals surface area contributed by atoms with Crippen molar-refractivity contribution in [3.8, 4) is 0 Å². The molecule has 0 aromatic heterocycles. The summed E-state index contributed by atoms with van der Waals surface area (Å²) in [4.78, 5) is 14.7. The van der Waals surface area contributed by atoms with Gasteiger partial charge in [-0.2, -0.15) is 0 Å². The van der Waals surface area contributed by atoms with Crippen molar-refractivity contribution < 1.29 is 29.2 Å². The van der Waals surface area contributed by atoms with Crippen molar-refractivity contribution >= 4 is 5.97 Å². The van der Waals surface area contributed by atoms with Gasteiger partial charge in [-0.25, -0.2) is 0 Å². The Balaban J connectivity index is 1.56. The number of fused-ring (bicyclic) bond motifs is 2. The highest BCUT2D eigenvalue weighted by Gasteiger charge is 2.83. The van der Waals surface area contributed by atoms with Crippen LogP contribution in [-0.4, -0.2) is 85.0 Å². The molecule has 6 fully saturated rings. The van der Waals surface area contributed by atoms with E-state index < -0.39 is 11.7 Å². The molecule has 0 aromatic rings. The van der Waals surface area contributed by atoms with E-state index in [-0.39, 0.29) is 58.7 Å². The van der Waals surface area contributed by atoms with Gasteiger partial charge >= 0.3 is 5.97 Å². The summed E-state index contributed by atoms with van der Waals surface area (Å²) in [6.07, 6.45) is 3.27. The van der Waals surface area contributed by atoms with Crippen LogP contribution in [0.5, 0.6) is 0 Å². The van der Waals surface area contributed by atoms with Crippen LogP contribution < -0.4 is 0 Å². The Kier molecular flexibility index (Phi) is 4.70. The van der Waals surface area contributed by atoms with Gasteiger partial charge in [-0.1, -0.05) is 6.92 Å². The van der Waals surface area contributed by atoms with E-state index in [1.165, 1.54) is 6.92 Å². The first-order chi connectivity index (χ1) is 15.3. The third-order valence-electron chi connectivity index (χ3n) is 11.2. The van der Waals surface area contributed by atoms with Crippen LogP contribution in [-0.2, 0) is 19.0 Å². The summed E-state index contributed by atoms with van der Waals surface area (Å²) in [5.74, 6) is 0.164. The summed E-state index contributed by atoms with van der Waals surface area (Å²) in [6, 6.07) is 0.163. The van der Waals surface area contributed by atoms with Gasteiger partial charge in [-0.15, -0.1) is 0 Å². The van der Waals surface area contributed by atoms with Crippen molar-refractivity contribution in [2.45, 2.75) is 75.9 Å². The summed E-state index contributed by atoms with van der Waals surface area (Å²) >= 11 is 0. The van der Waals surface area contributed by atoms with Crippen molar-refractivity contribution in [1.82, 2.24) is 4.90 Å². The molecule has 0 aromatic carbocycles. The van der Waals surface area contributed by atoms with Gasteiger partial charge in [0.2, 0.25) is 0 Å². The Hall–Kier alpha value is -0.730. The monoisotopic (exact) mass is 449 g/mol. The van der Waals surface area contributed by atoms with E-state index in [1.807, 2.05) is 0 Å². The van der Waals surface area contributed by atoms with Crippen molar-refractivity contribution in [3.05, 3.63) is 0 Å². The van der Waals surface area contributed by atoms with Crippen LogP contribution in [0.4, 0.5) is 0 Å². The number of ether oxygens (including phenoxy) is 3. The molecule has 7 heteroatoms. The molecule has 1 heterocycles. The lowest BCUT2D eigenvalue weighted by Crippen LogP contribution is -2.76. The Morgan fingerprint density at radius 3 is 2.66 bits per heavy atom. The minimum Gasteiger partial charge on any atom is -0.462 e. The van der Waals surface area contributed by atoms with Crippen molar-refractivity contribution in [2.24, 2.45) is 40.4 Å². The number of carbonyl (C=O) groups is 1. The highest BCUT2D eigenvalue weighted by atomic mass is 16.5. The molecule has 7 bridgehead atoms. The van der Waals surface area contributed by atoms with E-state index in [0.29, 0.717) is 18.9 Å². The Morgan fingerprint density at radius 2 is 2.00 bits per heavy atom. The maximum absolute atomic E-state index is 12.5. The summed E-state index contributed by atoms with van der Waals surface area (Å²) in [5.41, 5.74) is -1.20. The molecular formula is C25H39NO6. The maximum Gasteiger partial charge on any atom is 0.302 e. The number of hydrogen-bond donors (Lipinski definition) is 2. The lowest BCUT2D eigenvalue weighted by molar-refractivity contribution is -0.274. The first-order valence-electron chi connectivity index (χ1n) is 12.6. The molecule has 0 radical (unpaired) electrons. The number of hydrogen-bond acceptors (Lipinski definition) is 7. The van der Waals surface area contributed by atoms with Gasteiger partial charge in [0.05, 0.1) is 24.4 Å². The van der Waals surface area contributed by atoms with Gasteiger partial charge < -0.3 is 24.4 Å². The van der Waals surface area contributed by atoms with Gasteiger partial charge in [-0.05, 0) is 44.1 Å². The number of rotatable bonds is 5. The van der Waals surface area contributed by atoms with E-state index in [9.17, 15) is 15.0 Å². The zero-order valence-corrected chi connectivity index (χ0v) is 19.8. The van der Waals surface area contributed by atoms with E-state index in [1.54, 1.807) is 14.2 Å². The van der Waals surface area contributed by atoms with Gasteiger partial charge in [0, 0.05) is 68.7 Å². The summed E-state index contributed by atoms with van der Waals surface area (Å²) < 4.78 is 17.7. The van der Waals surface area contributed by atoms with Gasteiger partial charge in [0.1, 0.15) is 6.10 Å². The van der Waals surface area contributed by atoms with Crippen molar-refractivity contribution in [1.29, 1.82) is 0 Å². The molecule has 5 saturated carbocycles. The number of nitrogens with zero attached hydrogens (tertiary/aromatic N) is 1. The van der Waals surface area contributed by atoms with Crippen LogP contribution in [0, 0.1) is 40.4 Å². The second-order valence-electron chi connectivity index (χ2n) is 11.8. The van der Waals surface area contributed by atoms with Crippen molar-refractivity contribution in [3.63, 3.8) is 0 Å². The van der Waals surface area contributed by atoms with Crippen LogP contribution in [0.3, 0.4) is 0 Å². The van der Waals surface area contributed by atoms with Crippen LogP contribution >= 0.6 is 0 Å². The van der Waals surface area contributed by atoms with Gasteiger partial charge in [0.15, 0.2) is 0 Å². The predicted octanol–water partition coefficient (Wildman–Crippen LogP) is 1.45. The number of esters is 1. The van der Waals surface area contributed by atoms with Crippen molar-refractivity contribution in [2.75, 3.05) is 33.9 Å². The number of methoxy groups -OCH3 is 2. The topological polar surface area (TPSA) is 88.5 Å². The highest BCUT2D eigenvalue weighted by molar-refractivity contribution is 5.66. The van der Waals surface area contributed by atoms with Gasteiger partial charge in [0.25, 0.3) is 0 Å². The van der Waals surface area contributed by atoms with Crippen LogP contribution in [0.25, 0.3) is 0 Å². The molecule has 12 unspecified atom stereocenters. The zero-order valence-electron chi connectivity index (χ0n) is 19.8. The van der Waals surface area contributed by atoms with E-state index in [2.05, 4.69) is 11.8 Å². The zero-order chi connectivity index (χ0) is 22.6. The number of likely N-dealkylation sites (tertiary alicyclic amines) is 1. The quantitative estimate of drug-likeness (QED) is 0.614. The van der Waals surface area contributed by atoms with E-state index >= 15 is 0 Å². The largest absolute Gasteiger partial charge is 0.462 e. The van der Waals surface area contributed by atoms with E-state index in [4.69, 9.17) is 14.2 Å². The first kappa shape index (κ1) is 21.8. The molecule has 6 rings (SSSR count). The molecule has 2 N–H and O–H groups in total. The Bertz CT molecular complexity index is 807. The molecule has 1 spiro atoms. The van der Waals surface area contributed by atoms with Gasteiger partial charge in [-0.3, -0.25) is 9.69 Å². The number of carbonyl (C=O) groups excluding carboxylic acids is 1. The predicted molar refractivity (Wildman–Crippen MR) is 116 cm³/mol. The molecule has 32 heavy (non-hydrogen) atoms. The summed E-state index contributed by atoms with van der Waals surface area (Å²) in [6.45, 7) is 6.27. The standard InChI is InChI=1S/C25H39NO6/c1-5-26-11-23(12-30-3)7-6-19(28)25-15-8-14-17(31-4)10-24(29,16(22(25)26)9-18(23)25)20(15)21(14)32-13(2)27/h14-22,28-29H,5-12H2,1-4H3. The first-order valence-corrected chi connectivity index (χ1v) is 12.6. The second-order valence-corrected chi connectivity index (χ2v) is 11.8. The molecule has 1 aliphatic heterocycles. The molecule has 180 valence electrons. The minimum atomic E-state index is -0.942. The normalized spacial score (nSPS) is 57.5. The fourth-order valence-corrected chi connectivity index (χ4v) is 10.7. The maximum atomic E-state index is 12.5. The Labute approximate surface area is 190 Å². The fraction of sp³-hybridized carbons (Fsp3) is 0.960. The molecular weight excluding hydrogens is 410 g/mol. The number of aliphatic hydroxyl groups excluding tert-OH is 1. The lowest BCUT2D eigenvalue weighted by Gasteiger charge is -2.69. The summed E-state index contributed by atoms with van der Waals surface area (Å²) in [7, 11) is 3.51. The molecule has 12 atom stereocenters. The Morgan fingerprint density at radius 1 is 1.22 bits per heavy atom. The smallest absolute Gasteiger partial charge is 0.302 e. The average molecular weight is 450 g/mol. The molecule has 0 amide bonds. The third kappa shape index (κ3) is 2.28. The number of piperidine rings is 1. The second kappa shape index (κ2) is 6.91. The molecule has 7 nitrogen and oxygen atoms in total. The molecule has 6 aliphatic rings. The fourth-order valence-electron chi connectivity index (χ4n) is 10.7. The minimum absolute atomic E-state index is 0.0138. The van der Waals surface area contributed by atoms with Crippen LogP contribution in [0.15, 0.2) is 0 Å². The third-order valence-corrected chi connectivity index (χ3v) is 11.2. The molecule has 5 aliphatic carbocycles. The highest BCUT2D eigenvalue weighted by Crippen LogP contribution is 2.79. The number of aliphatic hydroxyl groups is 2. The summed E-state index contributed by atoms with van der Waals surface area (Å²) in [5, 5.41) is 24.4. The average Bonchev–Trinajstić information content (AvgIpc) is 3.20.